The lowest BCUT2D eigenvalue weighted by Crippen LogP contribution is -2.47. The SMILES string of the molecule is NC1=N[C@@H](c2cccs2)[n+]2c([nH]c3ccccc32)N1. The summed E-state index contributed by atoms with van der Waals surface area (Å²) in [5.74, 6) is 1.30. The van der Waals surface area contributed by atoms with Crippen molar-refractivity contribution in [3.05, 3.63) is 46.7 Å². The minimum absolute atomic E-state index is 0.104. The Bertz CT molecular complexity index is 772. The van der Waals surface area contributed by atoms with E-state index in [1.54, 1.807) is 11.3 Å². The van der Waals surface area contributed by atoms with E-state index in [4.69, 9.17) is 5.73 Å². The molecule has 1 aromatic carbocycles. The topological polar surface area (TPSA) is 70.1 Å². The maximum atomic E-state index is 5.88. The molecule has 0 unspecified atom stereocenters. The first kappa shape index (κ1) is 10.6. The van der Waals surface area contributed by atoms with E-state index in [2.05, 4.69) is 37.4 Å². The highest BCUT2D eigenvalue weighted by atomic mass is 32.1. The second kappa shape index (κ2) is 3.83. The number of anilines is 1. The summed E-state index contributed by atoms with van der Waals surface area (Å²) in [7, 11) is 0. The minimum atomic E-state index is -0.104. The normalized spacial score (nSPS) is 17.9. The quantitative estimate of drug-likeness (QED) is 0.590. The Morgan fingerprint density at radius 1 is 1.21 bits per heavy atom. The number of benzene rings is 1. The van der Waals surface area contributed by atoms with E-state index in [-0.39, 0.29) is 6.17 Å². The molecule has 0 amide bonds. The van der Waals surface area contributed by atoms with Gasteiger partial charge < -0.3 is 5.73 Å². The van der Waals surface area contributed by atoms with Crippen LogP contribution in [0.25, 0.3) is 11.0 Å². The lowest BCUT2D eigenvalue weighted by atomic mass is 10.3. The number of fused-ring (bicyclic) bond motifs is 3. The van der Waals surface area contributed by atoms with Gasteiger partial charge in [-0.3, -0.25) is 0 Å². The Morgan fingerprint density at radius 3 is 2.95 bits per heavy atom. The first-order chi connectivity index (χ1) is 9.33. The summed E-state index contributed by atoms with van der Waals surface area (Å²) in [6.45, 7) is 0. The lowest BCUT2D eigenvalue weighted by molar-refractivity contribution is -0.673. The van der Waals surface area contributed by atoms with Gasteiger partial charge in [-0.1, -0.05) is 18.2 Å². The minimum Gasteiger partial charge on any atom is -0.357 e. The number of nitrogens with zero attached hydrogens (tertiary/aromatic N) is 2. The molecule has 0 bridgehead atoms. The Labute approximate surface area is 113 Å². The summed E-state index contributed by atoms with van der Waals surface area (Å²) >= 11 is 1.68. The number of aliphatic imine (C=N–C) groups is 1. The van der Waals surface area contributed by atoms with Gasteiger partial charge in [0, 0.05) is 0 Å². The third-order valence-corrected chi connectivity index (χ3v) is 4.12. The highest BCUT2D eigenvalue weighted by molar-refractivity contribution is 7.10. The van der Waals surface area contributed by atoms with Crippen LogP contribution >= 0.6 is 11.3 Å². The van der Waals surface area contributed by atoms with E-state index in [1.807, 2.05) is 24.3 Å². The van der Waals surface area contributed by atoms with Crippen molar-refractivity contribution in [3.8, 4) is 0 Å². The van der Waals surface area contributed by atoms with Crippen LogP contribution in [0.5, 0.6) is 0 Å². The molecule has 5 nitrogen and oxygen atoms in total. The van der Waals surface area contributed by atoms with Gasteiger partial charge in [0.2, 0.25) is 6.17 Å². The van der Waals surface area contributed by atoms with Gasteiger partial charge in [-0.25, -0.2) is 10.3 Å². The van der Waals surface area contributed by atoms with E-state index in [9.17, 15) is 0 Å². The fraction of sp³-hybridized carbons (Fsp3) is 0.0769. The molecule has 19 heavy (non-hydrogen) atoms. The second-order valence-corrected chi connectivity index (χ2v) is 5.37. The molecule has 0 saturated heterocycles. The van der Waals surface area contributed by atoms with Crippen molar-refractivity contribution < 1.29 is 4.57 Å². The summed E-state index contributed by atoms with van der Waals surface area (Å²) in [6, 6.07) is 12.3. The zero-order valence-electron chi connectivity index (χ0n) is 10.00. The highest BCUT2D eigenvalue weighted by Crippen LogP contribution is 2.26. The number of rotatable bonds is 1. The Balaban J connectivity index is 2.00. The highest BCUT2D eigenvalue weighted by Gasteiger charge is 2.31. The Morgan fingerprint density at radius 2 is 2.11 bits per heavy atom. The van der Waals surface area contributed by atoms with Gasteiger partial charge in [0.1, 0.15) is 11.0 Å². The molecule has 3 aromatic rings. The number of imidazole rings is 1. The van der Waals surface area contributed by atoms with Crippen LogP contribution in [0.1, 0.15) is 11.0 Å². The number of thiophene rings is 1. The standard InChI is InChI=1S/C13H11N5S/c14-12-16-11(10-6-3-7-19-10)18-9-5-2-1-4-8(9)15-13(18)17-12/h1-7,11H,(H3,14,15,16,17)/p+1/t11-/m1/s1. The largest absolute Gasteiger partial charge is 0.365 e. The first-order valence-electron chi connectivity index (χ1n) is 5.99. The zero-order valence-corrected chi connectivity index (χ0v) is 10.8. The summed E-state index contributed by atoms with van der Waals surface area (Å²) < 4.78 is 2.14. The Kier molecular flexibility index (Phi) is 2.13. The molecule has 0 aliphatic carbocycles. The third kappa shape index (κ3) is 1.53. The van der Waals surface area contributed by atoms with Crippen molar-refractivity contribution >= 4 is 34.3 Å². The molecule has 3 heterocycles. The smallest absolute Gasteiger partial charge is 0.357 e. The van der Waals surface area contributed by atoms with Gasteiger partial charge in [0.05, 0.1) is 4.88 Å². The molecule has 1 aliphatic heterocycles. The molecule has 0 radical (unpaired) electrons. The average Bonchev–Trinajstić information content (AvgIpc) is 3.04. The number of hydrogen-bond donors (Lipinski definition) is 3. The zero-order chi connectivity index (χ0) is 12.8. The van der Waals surface area contributed by atoms with Crippen molar-refractivity contribution in [2.24, 2.45) is 10.7 Å². The molecular formula is C13H12N5S+. The molecule has 0 fully saturated rings. The van der Waals surface area contributed by atoms with Crippen molar-refractivity contribution in [2.45, 2.75) is 6.17 Å². The van der Waals surface area contributed by atoms with Gasteiger partial charge in [0.25, 0.3) is 5.96 Å². The third-order valence-electron chi connectivity index (χ3n) is 3.21. The predicted molar refractivity (Wildman–Crippen MR) is 76.2 cm³/mol. The predicted octanol–water partition coefficient (Wildman–Crippen LogP) is 1.80. The van der Waals surface area contributed by atoms with Crippen LogP contribution in [0, 0.1) is 0 Å². The molecule has 1 aliphatic rings. The number of aromatic amines is 1. The van der Waals surface area contributed by atoms with E-state index >= 15 is 0 Å². The number of guanidine groups is 1. The molecule has 2 aromatic heterocycles. The van der Waals surface area contributed by atoms with Crippen molar-refractivity contribution in [2.75, 3.05) is 5.32 Å². The molecular weight excluding hydrogens is 258 g/mol. The number of aromatic nitrogens is 2. The number of H-pyrrole nitrogens is 1. The van der Waals surface area contributed by atoms with Crippen LogP contribution < -0.4 is 15.6 Å². The summed E-state index contributed by atoms with van der Waals surface area (Å²) in [4.78, 5) is 9.03. The van der Waals surface area contributed by atoms with Gasteiger partial charge in [-0.05, 0) is 23.6 Å². The van der Waals surface area contributed by atoms with Crippen LogP contribution in [-0.2, 0) is 0 Å². The van der Waals surface area contributed by atoms with Gasteiger partial charge in [-0.15, -0.1) is 11.3 Å². The van der Waals surface area contributed by atoms with Crippen molar-refractivity contribution in [1.29, 1.82) is 0 Å². The average molecular weight is 270 g/mol. The molecule has 0 spiro atoms. The van der Waals surface area contributed by atoms with Crippen molar-refractivity contribution in [1.82, 2.24) is 4.98 Å². The van der Waals surface area contributed by atoms with E-state index in [0.717, 1.165) is 17.0 Å². The monoisotopic (exact) mass is 270 g/mol. The summed E-state index contributed by atoms with van der Waals surface area (Å²) in [5, 5.41) is 5.13. The maximum Gasteiger partial charge on any atom is 0.365 e. The van der Waals surface area contributed by atoms with Gasteiger partial charge in [0.15, 0.2) is 0 Å². The molecule has 4 N–H and O–H groups in total. The number of hydrogen-bond acceptors (Lipinski definition) is 4. The molecule has 4 rings (SSSR count). The van der Waals surface area contributed by atoms with Crippen LogP contribution in [0.4, 0.5) is 5.95 Å². The fourth-order valence-corrected chi connectivity index (χ4v) is 3.17. The maximum absolute atomic E-state index is 5.88. The van der Waals surface area contributed by atoms with E-state index in [1.165, 1.54) is 4.88 Å². The molecule has 6 heteroatoms. The first-order valence-corrected chi connectivity index (χ1v) is 6.87. The van der Waals surface area contributed by atoms with Crippen molar-refractivity contribution in [3.63, 3.8) is 0 Å². The fourth-order valence-electron chi connectivity index (χ4n) is 2.42. The lowest BCUT2D eigenvalue weighted by Gasteiger charge is -2.16. The number of nitrogens with one attached hydrogen (secondary N) is 2. The van der Waals surface area contributed by atoms with Gasteiger partial charge >= 0.3 is 5.95 Å². The molecule has 94 valence electrons. The van der Waals surface area contributed by atoms with Crippen LogP contribution in [0.3, 0.4) is 0 Å². The molecule has 1 atom stereocenters. The number of nitrogens with two attached hydrogens (primary N) is 1. The van der Waals surface area contributed by atoms with Crippen LogP contribution in [-0.4, -0.2) is 10.9 Å². The van der Waals surface area contributed by atoms with E-state index < -0.39 is 0 Å². The van der Waals surface area contributed by atoms with E-state index in [0.29, 0.717) is 5.96 Å². The Hall–Kier alpha value is -2.34. The summed E-state index contributed by atoms with van der Waals surface area (Å²) in [5.41, 5.74) is 8.06. The van der Waals surface area contributed by atoms with Gasteiger partial charge in [-0.2, -0.15) is 9.56 Å². The number of para-hydroxylation sites is 2. The molecule has 0 saturated carbocycles. The second-order valence-electron chi connectivity index (χ2n) is 4.39. The van der Waals surface area contributed by atoms with Crippen LogP contribution in [0.15, 0.2) is 46.8 Å². The van der Waals surface area contributed by atoms with Crippen LogP contribution in [0.2, 0.25) is 0 Å². The summed E-state index contributed by atoms with van der Waals surface area (Å²) in [6.07, 6.45) is -0.104.